The van der Waals surface area contributed by atoms with E-state index in [9.17, 15) is 4.79 Å². The number of carbonyl (C=O) groups excluding carboxylic acids is 1. The summed E-state index contributed by atoms with van der Waals surface area (Å²) in [6.07, 6.45) is 3.56. The molecule has 1 aliphatic rings. The molecule has 1 amide bonds. The van der Waals surface area contributed by atoms with Crippen LogP contribution in [0.1, 0.15) is 5.56 Å². The SMILES string of the molecule is O=C(Cc1ccc2c(c1)OCO2)Nc1ccncc1. The number of pyridine rings is 1. The first-order valence-electron chi connectivity index (χ1n) is 5.90. The Morgan fingerprint density at radius 2 is 1.95 bits per heavy atom. The summed E-state index contributed by atoms with van der Waals surface area (Å²) < 4.78 is 10.5. The summed E-state index contributed by atoms with van der Waals surface area (Å²) >= 11 is 0. The Morgan fingerprint density at radius 3 is 2.79 bits per heavy atom. The summed E-state index contributed by atoms with van der Waals surface area (Å²) in [5.74, 6) is 1.33. The highest BCUT2D eigenvalue weighted by Crippen LogP contribution is 2.32. The Bertz CT molecular complexity index is 599. The van der Waals surface area contributed by atoms with E-state index in [1.54, 1.807) is 24.5 Å². The van der Waals surface area contributed by atoms with Gasteiger partial charge in [-0.25, -0.2) is 0 Å². The fourth-order valence-electron chi connectivity index (χ4n) is 1.88. The van der Waals surface area contributed by atoms with E-state index in [0.717, 1.165) is 17.0 Å². The van der Waals surface area contributed by atoms with Crippen LogP contribution in [0.3, 0.4) is 0 Å². The molecular formula is C14H12N2O3. The predicted octanol–water partition coefficient (Wildman–Crippen LogP) is 1.99. The van der Waals surface area contributed by atoms with E-state index in [2.05, 4.69) is 10.3 Å². The number of hydrogen-bond acceptors (Lipinski definition) is 4. The molecule has 1 aliphatic heterocycles. The van der Waals surface area contributed by atoms with Gasteiger partial charge in [-0.1, -0.05) is 6.07 Å². The standard InChI is InChI=1S/C14H12N2O3/c17-14(16-11-3-5-15-6-4-11)8-10-1-2-12-13(7-10)19-9-18-12/h1-7H,8-9H2,(H,15,16,17). The highest BCUT2D eigenvalue weighted by atomic mass is 16.7. The minimum Gasteiger partial charge on any atom is -0.454 e. The topological polar surface area (TPSA) is 60.5 Å². The van der Waals surface area contributed by atoms with E-state index >= 15 is 0 Å². The number of fused-ring (bicyclic) bond motifs is 1. The lowest BCUT2D eigenvalue weighted by atomic mass is 10.1. The highest BCUT2D eigenvalue weighted by Gasteiger charge is 2.14. The van der Waals surface area contributed by atoms with E-state index in [1.165, 1.54) is 0 Å². The first-order valence-corrected chi connectivity index (χ1v) is 5.90. The zero-order chi connectivity index (χ0) is 13.1. The molecule has 1 N–H and O–H groups in total. The molecule has 1 aromatic heterocycles. The van der Waals surface area contributed by atoms with Gasteiger partial charge in [-0.3, -0.25) is 9.78 Å². The second-order valence-corrected chi connectivity index (χ2v) is 4.15. The lowest BCUT2D eigenvalue weighted by Gasteiger charge is -2.05. The van der Waals surface area contributed by atoms with Gasteiger partial charge in [-0.05, 0) is 29.8 Å². The Labute approximate surface area is 110 Å². The zero-order valence-corrected chi connectivity index (χ0v) is 10.1. The molecule has 0 spiro atoms. The number of nitrogens with zero attached hydrogens (tertiary/aromatic N) is 1. The van der Waals surface area contributed by atoms with E-state index in [1.807, 2.05) is 18.2 Å². The fourth-order valence-corrected chi connectivity index (χ4v) is 1.88. The summed E-state index contributed by atoms with van der Waals surface area (Å²) in [4.78, 5) is 15.8. The van der Waals surface area contributed by atoms with Gasteiger partial charge in [0.05, 0.1) is 6.42 Å². The zero-order valence-electron chi connectivity index (χ0n) is 10.1. The van der Waals surface area contributed by atoms with Crippen LogP contribution >= 0.6 is 0 Å². The van der Waals surface area contributed by atoms with E-state index in [-0.39, 0.29) is 12.7 Å². The molecule has 0 atom stereocenters. The number of anilines is 1. The van der Waals surface area contributed by atoms with E-state index < -0.39 is 0 Å². The molecule has 1 aromatic carbocycles. The third-order valence-corrected chi connectivity index (χ3v) is 2.77. The summed E-state index contributed by atoms with van der Waals surface area (Å²) in [5, 5.41) is 2.81. The number of carbonyl (C=O) groups is 1. The molecule has 0 fully saturated rings. The molecule has 5 heteroatoms. The molecular weight excluding hydrogens is 244 g/mol. The molecule has 0 saturated carbocycles. The first kappa shape index (κ1) is 11.5. The quantitative estimate of drug-likeness (QED) is 0.912. The summed E-state index contributed by atoms with van der Waals surface area (Å²) in [7, 11) is 0. The molecule has 0 aliphatic carbocycles. The largest absolute Gasteiger partial charge is 0.454 e. The third-order valence-electron chi connectivity index (χ3n) is 2.77. The van der Waals surface area contributed by atoms with Crippen molar-refractivity contribution in [2.24, 2.45) is 0 Å². The number of amides is 1. The Morgan fingerprint density at radius 1 is 1.16 bits per heavy atom. The lowest BCUT2D eigenvalue weighted by molar-refractivity contribution is -0.115. The molecule has 5 nitrogen and oxygen atoms in total. The van der Waals surface area contributed by atoms with Gasteiger partial charge >= 0.3 is 0 Å². The van der Waals surface area contributed by atoms with Crippen LogP contribution in [0.25, 0.3) is 0 Å². The monoisotopic (exact) mass is 256 g/mol. The molecule has 0 bridgehead atoms. The third kappa shape index (κ3) is 2.65. The van der Waals surface area contributed by atoms with Gasteiger partial charge in [-0.2, -0.15) is 0 Å². The Balaban J connectivity index is 1.66. The maximum atomic E-state index is 11.9. The van der Waals surface area contributed by atoms with Gasteiger partial charge in [0, 0.05) is 18.1 Å². The number of nitrogens with one attached hydrogen (secondary N) is 1. The van der Waals surface area contributed by atoms with Crippen molar-refractivity contribution in [3.05, 3.63) is 48.3 Å². The van der Waals surface area contributed by atoms with Crippen LogP contribution in [0.4, 0.5) is 5.69 Å². The van der Waals surface area contributed by atoms with Crippen molar-refractivity contribution in [3.63, 3.8) is 0 Å². The van der Waals surface area contributed by atoms with Gasteiger partial charge in [0.25, 0.3) is 0 Å². The molecule has 2 heterocycles. The van der Waals surface area contributed by atoms with Crippen LogP contribution in [0.2, 0.25) is 0 Å². The van der Waals surface area contributed by atoms with Crippen molar-refractivity contribution in [2.75, 3.05) is 12.1 Å². The maximum absolute atomic E-state index is 11.9. The minimum atomic E-state index is -0.0786. The van der Waals surface area contributed by atoms with Crippen LogP contribution in [0.5, 0.6) is 11.5 Å². The second kappa shape index (κ2) is 4.97. The van der Waals surface area contributed by atoms with Crippen LogP contribution in [-0.2, 0) is 11.2 Å². The van der Waals surface area contributed by atoms with Gasteiger partial charge in [0.2, 0.25) is 12.7 Å². The number of hydrogen-bond donors (Lipinski definition) is 1. The van der Waals surface area contributed by atoms with Gasteiger partial charge < -0.3 is 14.8 Å². The van der Waals surface area contributed by atoms with Crippen LogP contribution in [-0.4, -0.2) is 17.7 Å². The smallest absolute Gasteiger partial charge is 0.231 e. The number of aromatic nitrogens is 1. The average molecular weight is 256 g/mol. The molecule has 0 unspecified atom stereocenters. The molecule has 2 aromatic rings. The van der Waals surface area contributed by atoms with Crippen molar-refractivity contribution in [3.8, 4) is 11.5 Å². The molecule has 3 rings (SSSR count). The second-order valence-electron chi connectivity index (χ2n) is 4.15. The van der Waals surface area contributed by atoms with Gasteiger partial charge in [0.1, 0.15) is 0 Å². The normalized spacial score (nSPS) is 12.2. The first-order chi connectivity index (χ1) is 9.31. The van der Waals surface area contributed by atoms with Gasteiger partial charge in [-0.15, -0.1) is 0 Å². The number of rotatable bonds is 3. The molecule has 0 radical (unpaired) electrons. The van der Waals surface area contributed by atoms with Crippen molar-refractivity contribution < 1.29 is 14.3 Å². The van der Waals surface area contributed by atoms with E-state index in [4.69, 9.17) is 9.47 Å². The lowest BCUT2D eigenvalue weighted by Crippen LogP contribution is -2.14. The number of ether oxygens (including phenoxy) is 2. The van der Waals surface area contributed by atoms with E-state index in [0.29, 0.717) is 12.2 Å². The summed E-state index contributed by atoms with van der Waals surface area (Å²) in [6, 6.07) is 9.00. The van der Waals surface area contributed by atoms with Crippen LogP contribution in [0, 0.1) is 0 Å². The fraction of sp³-hybridized carbons (Fsp3) is 0.143. The number of benzene rings is 1. The predicted molar refractivity (Wildman–Crippen MR) is 69.1 cm³/mol. The minimum absolute atomic E-state index is 0.0786. The Kier molecular flexibility index (Phi) is 3.02. The summed E-state index contributed by atoms with van der Waals surface area (Å²) in [5.41, 5.74) is 1.62. The highest BCUT2D eigenvalue weighted by molar-refractivity contribution is 5.92. The molecule has 96 valence electrons. The average Bonchev–Trinajstić information content (AvgIpc) is 2.87. The molecule has 0 saturated heterocycles. The maximum Gasteiger partial charge on any atom is 0.231 e. The van der Waals surface area contributed by atoms with Crippen molar-refractivity contribution in [1.82, 2.24) is 4.98 Å². The van der Waals surface area contributed by atoms with Gasteiger partial charge in [0.15, 0.2) is 11.5 Å². The van der Waals surface area contributed by atoms with Crippen molar-refractivity contribution in [2.45, 2.75) is 6.42 Å². The Hall–Kier alpha value is -2.56. The van der Waals surface area contributed by atoms with Crippen LogP contribution in [0.15, 0.2) is 42.7 Å². The van der Waals surface area contributed by atoms with Crippen LogP contribution < -0.4 is 14.8 Å². The van der Waals surface area contributed by atoms with Crippen molar-refractivity contribution in [1.29, 1.82) is 0 Å². The molecule has 19 heavy (non-hydrogen) atoms. The summed E-state index contributed by atoms with van der Waals surface area (Å²) in [6.45, 7) is 0.238. The van der Waals surface area contributed by atoms with Crippen molar-refractivity contribution >= 4 is 11.6 Å².